The van der Waals surface area contributed by atoms with E-state index >= 15 is 0 Å². The van der Waals surface area contributed by atoms with E-state index in [2.05, 4.69) is 27.8 Å². The number of nitrogens with one attached hydrogen (secondary N) is 2. The maximum Gasteiger partial charge on any atom is 0.315 e. The number of rotatable bonds is 8. The molecule has 0 amide bonds. The van der Waals surface area contributed by atoms with Crippen molar-refractivity contribution < 1.29 is 4.42 Å². The third-order valence-electron chi connectivity index (χ3n) is 3.53. The van der Waals surface area contributed by atoms with Gasteiger partial charge in [0.15, 0.2) is 0 Å². The van der Waals surface area contributed by atoms with Crippen LogP contribution in [0.2, 0.25) is 0 Å². The molecule has 1 heterocycles. The zero-order valence-corrected chi connectivity index (χ0v) is 11.2. The zero-order chi connectivity index (χ0) is 12.6. The summed E-state index contributed by atoms with van der Waals surface area (Å²) in [7, 11) is 0. The Labute approximate surface area is 109 Å². The third kappa shape index (κ3) is 4.29. The highest BCUT2D eigenvalue weighted by Gasteiger charge is 2.14. The molecule has 0 spiro atoms. The monoisotopic (exact) mass is 252 g/mol. The molecule has 1 aromatic heterocycles. The summed E-state index contributed by atoms with van der Waals surface area (Å²) in [5, 5.41) is 14.3. The van der Waals surface area contributed by atoms with E-state index in [9.17, 15) is 0 Å². The van der Waals surface area contributed by atoms with Gasteiger partial charge in [-0.25, -0.2) is 0 Å². The van der Waals surface area contributed by atoms with Crippen molar-refractivity contribution in [3.05, 3.63) is 5.89 Å². The average molecular weight is 252 g/mol. The largest absolute Gasteiger partial charge is 0.407 e. The van der Waals surface area contributed by atoms with Gasteiger partial charge in [0.1, 0.15) is 0 Å². The van der Waals surface area contributed by atoms with Crippen molar-refractivity contribution in [2.24, 2.45) is 5.92 Å². The van der Waals surface area contributed by atoms with Gasteiger partial charge in [0, 0.05) is 6.54 Å². The molecule has 102 valence electrons. The van der Waals surface area contributed by atoms with Crippen molar-refractivity contribution in [3.8, 4) is 0 Å². The van der Waals surface area contributed by atoms with Gasteiger partial charge in [-0.05, 0) is 25.3 Å². The number of nitrogens with zero attached hydrogens (tertiary/aromatic N) is 2. The second-order valence-corrected chi connectivity index (χ2v) is 5.00. The van der Waals surface area contributed by atoms with Gasteiger partial charge in [0.25, 0.3) is 0 Å². The molecule has 0 unspecified atom stereocenters. The van der Waals surface area contributed by atoms with Crippen LogP contribution in [0.5, 0.6) is 0 Å². The molecule has 0 saturated heterocycles. The molecule has 2 N–H and O–H groups in total. The van der Waals surface area contributed by atoms with E-state index < -0.39 is 0 Å². The van der Waals surface area contributed by atoms with Gasteiger partial charge in [-0.1, -0.05) is 37.7 Å². The molecule has 0 aliphatic heterocycles. The lowest BCUT2D eigenvalue weighted by Crippen LogP contribution is -2.11. The molecular formula is C13H24N4O. The minimum absolute atomic E-state index is 0.550. The summed E-state index contributed by atoms with van der Waals surface area (Å²) >= 11 is 0. The highest BCUT2D eigenvalue weighted by Crippen LogP contribution is 2.28. The fourth-order valence-electron chi connectivity index (χ4n) is 2.51. The summed E-state index contributed by atoms with van der Waals surface area (Å²) in [5.74, 6) is 1.61. The lowest BCUT2D eigenvalue weighted by molar-refractivity contribution is 0.472. The topological polar surface area (TPSA) is 63.0 Å². The summed E-state index contributed by atoms with van der Waals surface area (Å²) < 4.78 is 5.46. The molecule has 0 atom stereocenters. The minimum atomic E-state index is 0.550. The fraction of sp³-hybridized carbons (Fsp3) is 0.846. The first-order valence-corrected chi connectivity index (χ1v) is 7.15. The molecule has 1 aliphatic carbocycles. The second-order valence-electron chi connectivity index (χ2n) is 5.00. The zero-order valence-electron chi connectivity index (χ0n) is 11.2. The SMILES string of the molecule is CCNCc1nnc(NCCCC2CCCC2)o1. The number of hydrogen-bond acceptors (Lipinski definition) is 5. The van der Waals surface area contributed by atoms with Gasteiger partial charge < -0.3 is 15.1 Å². The van der Waals surface area contributed by atoms with Crippen molar-refractivity contribution in [1.82, 2.24) is 15.5 Å². The molecule has 18 heavy (non-hydrogen) atoms. The van der Waals surface area contributed by atoms with Crippen LogP contribution < -0.4 is 10.6 Å². The van der Waals surface area contributed by atoms with E-state index in [4.69, 9.17) is 4.42 Å². The van der Waals surface area contributed by atoms with E-state index in [0.717, 1.165) is 19.0 Å². The highest BCUT2D eigenvalue weighted by molar-refractivity contribution is 5.16. The van der Waals surface area contributed by atoms with E-state index in [1.54, 1.807) is 0 Å². The fourth-order valence-corrected chi connectivity index (χ4v) is 2.51. The van der Waals surface area contributed by atoms with Crippen molar-refractivity contribution in [2.45, 2.75) is 52.0 Å². The first kappa shape index (κ1) is 13.3. The van der Waals surface area contributed by atoms with Crippen molar-refractivity contribution in [3.63, 3.8) is 0 Å². The van der Waals surface area contributed by atoms with Crippen LogP contribution in [0.25, 0.3) is 0 Å². The predicted molar refractivity (Wildman–Crippen MR) is 71.4 cm³/mol. The molecule has 0 bridgehead atoms. The standard InChI is InChI=1S/C13H24N4O/c1-2-14-10-12-16-17-13(18-12)15-9-5-8-11-6-3-4-7-11/h11,14H,2-10H2,1H3,(H,15,17). The lowest BCUT2D eigenvalue weighted by Gasteiger charge is -2.07. The highest BCUT2D eigenvalue weighted by atomic mass is 16.4. The predicted octanol–water partition coefficient (Wildman–Crippen LogP) is 2.56. The Kier molecular flexibility index (Phi) is 5.45. The Morgan fingerprint density at radius 3 is 2.89 bits per heavy atom. The Morgan fingerprint density at radius 1 is 1.28 bits per heavy atom. The minimum Gasteiger partial charge on any atom is -0.407 e. The quantitative estimate of drug-likeness (QED) is 0.696. The molecule has 1 aromatic rings. The van der Waals surface area contributed by atoms with Crippen LogP contribution in [0.1, 0.15) is 51.3 Å². The molecule has 0 radical (unpaired) electrons. The first-order valence-electron chi connectivity index (χ1n) is 7.15. The summed E-state index contributed by atoms with van der Waals surface area (Å²) in [6.07, 6.45) is 8.22. The molecule has 1 aliphatic rings. The maximum atomic E-state index is 5.46. The van der Waals surface area contributed by atoms with Crippen molar-refractivity contribution >= 4 is 6.01 Å². The van der Waals surface area contributed by atoms with Gasteiger partial charge >= 0.3 is 6.01 Å². The summed E-state index contributed by atoms with van der Waals surface area (Å²) in [5.41, 5.74) is 0. The smallest absolute Gasteiger partial charge is 0.315 e. The average Bonchev–Trinajstić information content (AvgIpc) is 3.04. The molecule has 5 heteroatoms. The third-order valence-corrected chi connectivity index (χ3v) is 3.53. The molecule has 5 nitrogen and oxygen atoms in total. The normalized spacial score (nSPS) is 16.3. The summed E-state index contributed by atoms with van der Waals surface area (Å²) in [6, 6.07) is 0.550. The maximum absolute atomic E-state index is 5.46. The van der Waals surface area contributed by atoms with Crippen LogP contribution in [-0.4, -0.2) is 23.3 Å². The summed E-state index contributed by atoms with van der Waals surface area (Å²) in [6.45, 7) is 4.54. The molecular weight excluding hydrogens is 228 g/mol. The van der Waals surface area contributed by atoms with E-state index in [1.165, 1.54) is 38.5 Å². The molecule has 0 aromatic carbocycles. The van der Waals surface area contributed by atoms with Crippen LogP contribution in [0.15, 0.2) is 4.42 Å². The van der Waals surface area contributed by atoms with Gasteiger partial charge in [-0.3, -0.25) is 0 Å². The van der Waals surface area contributed by atoms with Crippen molar-refractivity contribution in [2.75, 3.05) is 18.4 Å². The first-order chi connectivity index (χ1) is 8.88. The van der Waals surface area contributed by atoms with Crippen molar-refractivity contribution in [1.29, 1.82) is 0 Å². The lowest BCUT2D eigenvalue weighted by atomic mass is 10.0. The Balaban J connectivity index is 1.59. The Hall–Kier alpha value is -1.10. The number of aromatic nitrogens is 2. The van der Waals surface area contributed by atoms with Crippen LogP contribution in [0.3, 0.4) is 0 Å². The molecule has 2 rings (SSSR count). The van der Waals surface area contributed by atoms with Crippen LogP contribution in [0, 0.1) is 5.92 Å². The van der Waals surface area contributed by atoms with E-state index in [-0.39, 0.29) is 0 Å². The van der Waals surface area contributed by atoms with Crippen LogP contribution >= 0.6 is 0 Å². The number of hydrogen-bond donors (Lipinski definition) is 2. The molecule has 1 saturated carbocycles. The van der Waals surface area contributed by atoms with E-state index in [1.807, 2.05) is 0 Å². The van der Waals surface area contributed by atoms with E-state index in [0.29, 0.717) is 18.5 Å². The van der Waals surface area contributed by atoms with Gasteiger partial charge in [0.2, 0.25) is 5.89 Å². The van der Waals surface area contributed by atoms with Gasteiger partial charge in [-0.15, -0.1) is 5.10 Å². The Bertz CT molecular complexity index is 333. The summed E-state index contributed by atoms with van der Waals surface area (Å²) in [4.78, 5) is 0. The second kappa shape index (κ2) is 7.36. The Morgan fingerprint density at radius 2 is 2.11 bits per heavy atom. The van der Waals surface area contributed by atoms with Gasteiger partial charge in [-0.2, -0.15) is 0 Å². The van der Waals surface area contributed by atoms with Crippen LogP contribution in [0.4, 0.5) is 6.01 Å². The van der Waals surface area contributed by atoms with Gasteiger partial charge in [0.05, 0.1) is 6.54 Å². The van der Waals surface area contributed by atoms with Crippen LogP contribution in [-0.2, 0) is 6.54 Å². The number of anilines is 1. The molecule has 1 fully saturated rings.